The van der Waals surface area contributed by atoms with Crippen LogP contribution in [0.15, 0.2) is 36.4 Å². The fourth-order valence-electron chi connectivity index (χ4n) is 1.30. The van der Waals surface area contributed by atoms with Crippen LogP contribution in [-0.4, -0.2) is 10.2 Å². The first-order valence-corrected chi connectivity index (χ1v) is 4.42. The molecule has 3 heteroatoms. The summed E-state index contributed by atoms with van der Waals surface area (Å²) >= 11 is 0. The highest BCUT2D eigenvalue weighted by atomic mass is 15.1. The third kappa shape index (κ3) is 1.71. The van der Waals surface area contributed by atoms with Crippen molar-refractivity contribution >= 4 is 5.82 Å². The van der Waals surface area contributed by atoms with Crippen LogP contribution >= 0.6 is 0 Å². The Hall–Kier alpha value is -1.90. The molecule has 1 aromatic carbocycles. The Morgan fingerprint density at radius 2 is 1.93 bits per heavy atom. The van der Waals surface area contributed by atoms with Crippen molar-refractivity contribution in [3.63, 3.8) is 0 Å². The molecule has 0 saturated heterocycles. The van der Waals surface area contributed by atoms with Gasteiger partial charge in [-0.15, -0.1) is 10.2 Å². The summed E-state index contributed by atoms with van der Waals surface area (Å²) in [5.74, 6) is 0.446. The highest BCUT2D eigenvalue weighted by Crippen LogP contribution is 2.17. The number of nitrogen functional groups attached to an aromatic ring is 1. The van der Waals surface area contributed by atoms with Gasteiger partial charge >= 0.3 is 0 Å². The van der Waals surface area contributed by atoms with Crippen molar-refractivity contribution in [1.29, 1.82) is 0 Å². The lowest BCUT2D eigenvalue weighted by atomic mass is 10.1. The van der Waals surface area contributed by atoms with E-state index in [2.05, 4.69) is 16.3 Å². The molecule has 1 heterocycles. The van der Waals surface area contributed by atoms with Crippen LogP contribution < -0.4 is 5.73 Å². The van der Waals surface area contributed by atoms with Gasteiger partial charge in [-0.3, -0.25) is 0 Å². The second kappa shape index (κ2) is 3.46. The SMILES string of the molecule is Cc1cccc(-c2ccc(N)nn2)c1. The number of anilines is 1. The van der Waals surface area contributed by atoms with Crippen LogP contribution in [0.25, 0.3) is 11.3 Å². The molecule has 3 nitrogen and oxygen atoms in total. The average molecular weight is 185 g/mol. The van der Waals surface area contributed by atoms with Gasteiger partial charge in [-0.2, -0.15) is 0 Å². The lowest BCUT2D eigenvalue weighted by molar-refractivity contribution is 1.05. The number of aryl methyl sites for hydroxylation is 1. The molecule has 0 aliphatic rings. The van der Waals surface area contributed by atoms with Gasteiger partial charge in [0.25, 0.3) is 0 Å². The zero-order chi connectivity index (χ0) is 9.97. The molecule has 2 N–H and O–H groups in total. The topological polar surface area (TPSA) is 51.8 Å². The number of hydrogen-bond donors (Lipinski definition) is 1. The number of rotatable bonds is 1. The first-order valence-electron chi connectivity index (χ1n) is 4.42. The van der Waals surface area contributed by atoms with Crippen molar-refractivity contribution < 1.29 is 0 Å². The smallest absolute Gasteiger partial charge is 0.146 e. The van der Waals surface area contributed by atoms with Crippen molar-refractivity contribution in [3.8, 4) is 11.3 Å². The van der Waals surface area contributed by atoms with Gasteiger partial charge in [0.05, 0.1) is 5.69 Å². The summed E-state index contributed by atoms with van der Waals surface area (Å²) < 4.78 is 0. The molecule has 2 rings (SSSR count). The Kier molecular flexibility index (Phi) is 2.14. The van der Waals surface area contributed by atoms with Gasteiger partial charge in [0.2, 0.25) is 0 Å². The Balaban J connectivity index is 2.44. The molecule has 0 fully saturated rings. The van der Waals surface area contributed by atoms with E-state index < -0.39 is 0 Å². The molecule has 0 unspecified atom stereocenters. The summed E-state index contributed by atoms with van der Waals surface area (Å²) in [6.45, 7) is 2.05. The van der Waals surface area contributed by atoms with E-state index in [9.17, 15) is 0 Å². The van der Waals surface area contributed by atoms with Crippen molar-refractivity contribution in [3.05, 3.63) is 42.0 Å². The molecule has 0 atom stereocenters. The van der Waals surface area contributed by atoms with E-state index in [0.29, 0.717) is 5.82 Å². The predicted molar refractivity (Wildman–Crippen MR) is 56.6 cm³/mol. The lowest BCUT2D eigenvalue weighted by Crippen LogP contribution is -1.93. The van der Waals surface area contributed by atoms with Gasteiger partial charge in [0.1, 0.15) is 5.82 Å². The average Bonchev–Trinajstić information content (AvgIpc) is 2.19. The van der Waals surface area contributed by atoms with Crippen LogP contribution in [0.1, 0.15) is 5.56 Å². The zero-order valence-electron chi connectivity index (χ0n) is 7.94. The highest BCUT2D eigenvalue weighted by molar-refractivity contribution is 5.60. The first-order chi connectivity index (χ1) is 6.75. The largest absolute Gasteiger partial charge is 0.382 e. The van der Waals surface area contributed by atoms with Crippen LogP contribution in [0.5, 0.6) is 0 Å². The van der Waals surface area contributed by atoms with E-state index >= 15 is 0 Å². The Bertz CT molecular complexity index is 435. The highest BCUT2D eigenvalue weighted by Gasteiger charge is 1.99. The maximum Gasteiger partial charge on any atom is 0.146 e. The summed E-state index contributed by atoms with van der Waals surface area (Å²) in [4.78, 5) is 0. The van der Waals surface area contributed by atoms with Crippen LogP contribution in [0.3, 0.4) is 0 Å². The third-order valence-electron chi connectivity index (χ3n) is 2.00. The Morgan fingerprint density at radius 3 is 2.57 bits per heavy atom. The summed E-state index contributed by atoms with van der Waals surface area (Å²) in [5, 5.41) is 7.83. The number of aromatic nitrogens is 2. The van der Waals surface area contributed by atoms with Gasteiger partial charge < -0.3 is 5.73 Å². The first kappa shape index (κ1) is 8.69. The molecule has 0 spiro atoms. The van der Waals surface area contributed by atoms with Crippen LogP contribution in [0, 0.1) is 6.92 Å². The lowest BCUT2D eigenvalue weighted by Gasteiger charge is -2.00. The van der Waals surface area contributed by atoms with Crippen LogP contribution in [0.2, 0.25) is 0 Å². The Morgan fingerprint density at radius 1 is 1.07 bits per heavy atom. The predicted octanol–water partition coefficient (Wildman–Crippen LogP) is 2.03. The quantitative estimate of drug-likeness (QED) is 0.739. The summed E-state index contributed by atoms with van der Waals surface area (Å²) in [7, 11) is 0. The zero-order valence-corrected chi connectivity index (χ0v) is 7.94. The molecule has 0 bridgehead atoms. The molecule has 0 aliphatic carbocycles. The molecular weight excluding hydrogens is 174 g/mol. The monoisotopic (exact) mass is 185 g/mol. The van der Waals surface area contributed by atoms with E-state index in [1.807, 2.05) is 31.2 Å². The van der Waals surface area contributed by atoms with Gasteiger partial charge in [0, 0.05) is 5.56 Å². The third-order valence-corrected chi connectivity index (χ3v) is 2.00. The van der Waals surface area contributed by atoms with Gasteiger partial charge in [-0.25, -0.2) is 0 Å². The number of hydrogen-bond acceptors (Lipinski definition) is 3. The van der Waals surface area contributed by atoms with Gasteiger partial charge in [0.15, 0.2) is 0 Å². The van der Waals surface area contributed by atoms with Crippen molar-refractivity contribution in [2.45, 2.75) is 6.92 Å². The minimum Gasteiger partial charge on any atom is -0.382 e. The number of nitrogens with two attached hydrogens (primary N) is 1. The molecule has 1 aromatic heterocycles. The van der Waals surface area contributed by atoms with E-state index in [4.69, 9.17) is 5.73 Å². The molecule has 0 saturated carbocycles. The molecule has 0 amide bonds. The maximum atomic E-state index is 5.46. The molecular formula is C11H11N3. The van der Waals surface area contributed by atoms with Gasteiger partial charge in [-0.1, -0.05) is 23.8 Å². The molecule has 0 radical (unpaired) electrons. The molecule has 70 valence electrons. The summed E-state index contributed by atoms with van der Waals surface area (Å²) in [6.07, 6.45) is 0. The van der Waals surface area contributed by atoms with Crippen molar-refractivity contribution in [2.75, 3.05) is 5.73 Å². The fourth-order valence-corrected chi connectivity index (χ4v) is 1.30. The molecule has 14 heavy (non-hydrogen) atoms. The van der Waals surface area contributed by atoms with Crippen molar-refractivity contribution in [1.82, 2.24) is 10.2 Å². The van der Waals surface area contributed by atoms with Crippen LogP contribution in [0.4, 0.5) is 5.82 Å². The van der Waals surface area contributed by atoms with E-state index in [1.165, 1.54) is 5.56 Å². The maximum absolute atomic E-state index is 5.46. The minimum atomic E-state index is 0.446. The summed E-state index contributed by atoms with van der Waals surface area (Å²) in [6, 6.07) is 11.8. The van der Waals surface area contributed by atoms with Crippen LogP contribution in [-0.2, 0) is 0 Å². The minimum absolute atomic E-state index is 0.446. The van der Waals surface area contributed by atoms with Crippen molar-refractivity contribution in [2.24, 2.45) is 0 Å². The Labute approximate surface area is 82.6 Å². The van der Waals surface area contributed by atoms with E-state index in [1.54, 1.807) is 6.07 Å². The second-order valence-corrected chi connectivity index (χ2v) is 3.21. The molecule has 2 aromatic rings. The standard InChI is InChI=1S/C11H11N3/c1-8-3-2-4-9(7-8)10-5-6-11(12)14-13-10/h2-7H,1H3,(H2,12,14). The van der Waals surface area contributed by atoms with E-state index in [-0.39, 0.29) is 0 Å². The van der Waals surface area contributed by atoms with E-state index in [0.717, 1.165) is 11.3 Å². The normalized spacial score (nSPS) is 10.1. The fraction of sp³-hybridized carbons (Fsp3) is 0.0909. The molecule has 0 aliphatic heterocycles. The number of nitrogens with zero attached hydrogens (tertiary/aromatic N) is 2. The van der Waals surface area contributed by atoms with Gasteiger partial charge in [-0.05, 0) is 25.1 Å². The number of benzene rings is 1. The second-order valence-electron chi connectivity index (χ2n) is 3.21. The summed E-state index contributed by atoms with van der Waals surface area (Å²) in [5.41, 5.74) is 8.59.